The van der Waals surface area contributed by atoms with Gasteiger partial charge in [-0.25, -0.2) is 0 Å². The highest BCUT2D eigenvalue weighted by atomic mass is 32.1. The van der Waals surface area contributed by atoms with Gasteiger partial charge in [-0.3, -0.25) is 0 Å². The van der Waals surface area contributed by atoms with Crippen LogP contribution in [0.1, 0.15) is 6.42 Å². The van der Waals surface area contributed by atoms with Gasteiger partial charge in [-0.2, -0.15) is 0 Å². The Morgan fingerprint density at radius 1 is 1.00 bits per heavy atom. The molecule has 0 radical (unpaired) electrons. The minimum atomic E-state index is -0.469. The van der Waals surface area contributed by atoms with E-state index in [1.807, 2.05) is 0 Å². The van der Waals surface area contributed by atoms with Gasteiger partial charge < -0.3 is 9.47 Å². The minimum Gasteiger partial charge on any atom is -0.330 e. The molecule has 5 heteroatoms. The first-order valence-electron chi connectivity index (χ1n) is 2.53. The number of hydrogen-bond donors (Lipinski definition) is 3. The van der Waals surface area contributed by atoms with E-state index in [1.54, 1.807) is 0 Å². The molecule has 0 aromatic carbocycles. The number of hydrogen-bond acceptors (Lipinski definition) is 5. The number of thiol groups is 3. The van der Waals surface area contributed by atoms with Crippen LogP contribution in [0.4, 0.5) is 0 Å². The standard InChI is InChI=1S/C4H8O2S3/c7-2-1-3(8)6-4(9)5-2/h2-4,7-9H,1H2. The smallest absolute Gasteiger partial charge is 0.206 e. The molecule has 0 spiro atoms. The van der Waals surface area contributed by atoms with Crippen molar-refractivity contribution in [3.8, 4) is 0 Å². The zero-order chi connectivity index (χ0) is 6.85. The van der Waals surface area contributed by atoms with Crippen molar-refractivity contribution in [2.75, 3.05) is 0 Å². The van der Waals surface area contributed by atoms with Crippen molar-refractivity contribution in [1.82, 2.24) is 0 Å². The molecule has 2 nitrogen and oxygen atoms in total. The van der Waals surface area contributed by atoms with Gasteiger partial charge >= 0.3 is 0 Å². The van der Waals surface area contributed by atoms with Crippen molar-refractivity contribution >= 4 is 37.9 Å². The lowest BCUT2D eigenvalue weighted by Crippen LogP contribution is -2.29. The third-order valence-corrected chi connectivity index (χ3v) is 1.86. The van der Waals surface area contributed by atoms with E-state index in [-0.39, 0.29) is 10.9 Å². The molecule has 0 amide bonds. The molecule has 0 aromatic heterocycles. The molecule has 0 aliphatic carbocycles. The largest absolute Gasteiger partial charge is 0.330 e. The van der Waals surface area contributed by atoms with Crippen LogP contribution in [0.25, 0.3) is 0 Å². The van der Waals surface area contributed by atoms with Gasteiger partial charge in [0.25, 0.3) is 0 Å². The maximum Gasteiger partial charge on any atom is 0.206 e. The van der Waals surface area contributed by atoms with Crippen molar-refractivity contribution in [2.45, 2.75) is 22.9 Å². The monoisotopic (exact) mass is 184 g/mol. The third kappa shape index (κ3) is 2.59. The van der Waals surface area contributed by atoms with E-state index in [0.29, 0.717) is 6.42 Å². The maximum atomic E-state index is 5.01. The molecule has 2 atom stereocenters. The summed E-state index contributed by atoms with van der Waals surface area (Å²) in [5.41, 5.74) is -0.656. The number of ether oxygens (including phenoxy) is 2. The van der Waals surface area contributed by atoms with E-state index >= 15 is 0 Å². The zero-order valence-electron chi connectivity index (χ0n) is 4.60. The quantitative estimate of drug-likeness (QED) is 0.490. The van der Waals surface area contributed by atoms with Crippen LogP contribution in [0.5, 0.6) is 0 Å². The van der Waals surface area contributed by atoms with Crippen molar-refractivity contribution in [2.24, 2.45) is 0 Å². The highest BCUT2D eigenvalue weighted by Gasteiger charge is 2.22. The van der Waals surface area contributed by atoms with E-state index < -0.39 is 5.62 Å². The van der Waals surface area contributed by atoms with Crippen molar-refractivity contribution in [1.29, 1.82) is 0 Å². The molecule has 54 valence electrons. The van der Waals surface area contributed by atoms with Gasteiger partial charge in [0.05, 0.1) is 0 Å². The summed E-state index contributed by atoms with van der Waals surface area (Å²) in [6.07, 6.45) is 0.698. The third-order valence-electron chi connectivity index (χ3n) is 0.950. The average molecular weight is 184 g/mol. The Morgan fingerprint density at radius 3 is 1.78 bits per heavy atom. The first-order chi connectivity index (χ1) is 4.18. The zero-order valence-corrected chi connectivity index (χ0v) is 7.28. The molecule has 1 heterocycles. The summed E-state index contributed by atoms with van der Waals surface area (Å²) < 4.78 is 10.0. The average Bonchev–Trinajstić information content (AvgIpc) is 1.59. The van der Waals surface area contributed by atoms with Gasteiger partial charge in [0, 0.05) is 6.42 Å². The normalized spacial score (nSPS) is 45.0. The number of rotatable bonds is 0. The molecule has 1 rings (SSSR count). The molecule has 1 aliphatic rings. The Bertz CT molecular complexity index is 74.8. The summed E-state index contributed by atoms with van der Waals surface area (Å²) in [6.45, 7) is 0. The lowest BCUT2D eigenvalue weighted by atomic mass is 10.4. The van der Waals surface area contributed by atoms with Gasteiger partial charge in [0.1, 0.15) is 10.9 Å². The summed E-state index contributed by atoms with van der Waals surface area (Å²) in [5.74, 6) is 0. The Hall–Kier alpha value is 0.970. The van der Waals surface area contributed by atoms with Gasteiger partial charge in [-0.15, -0.1) is 37.9 Å². The molecule has 0 N–H and O–H groups in total. The first kappa shape index (κ1) is 8.07. The summed E-state index contributed by atoms with van der Waals surface area (Å²) in [7, 11) is 0. The summed E-state index contributed by atoms with van der Waals surface area (Å²) in [6, 6.07) is 0. The van der Waals surface area contributed by atoms with Crippen LogP contribution in [0.3, 0.4) is 0 Å². The van der Waals surface area contributed by atoms with Gasteiger partial charge in [-0.1, -0.05) is 0 Å². The van der Waals surface area contributed by atoms with Gasteiger partial charge in [0.15, 0.2) is 0 Å². The molecule has 1 aliphatic heterocycles. The fourth-order valence-corrected chi connectivity index (χ4v) is 1.84. The van der Waals surface area contributed by atoms with Crippen LogP contribution in [-0.4, -0.2) is 16.5 Å². The fraction of sp³-hybridized carbons (Fsp3) is 1.00. The van der Waals surface area contributed by atoms with Crippen LogP contribution in [0.15, 0.2) is 0 Å². The molecule has 1 fully saturated rings. The highest BCUT2D eigenvalue weighted by Crippen LogP contribution is 2.23. The molecule has 0 bridgehead atoms. The summed E-state index contributed by atoms with van der Waals surface area (Å²) in [4.78, 5) is 0. The molecular weight excluding hydrogens is 176 g/mol. The van der Waals surface area contributed by atoms with Crippen molar-refractivity contribution in [3.63, 3.8) is 0 Å². The topological polar surface area (TPSA) is 18.5 Å². The summed E-state index contributed by atoms with van der Waals surface area (Å²) in [5, 5.41) is 0. The van der Waals surface area contributed by atoms with Gasteiger partial charge in [0.2, 0.25) is 5.62 Å². The van der Waals surface area contributed by atoms with E-state index in [1.165, 1.54) is 0 Å². The van der Waals surface area contributed by atoms with Crippen LogP contribution >= 0.6 is 37.9 Å². The van der Waals surface area contributed by atoms with E-state index in [9.17, 15) is 0 Å². The predicted octanol–water partition coefficient (Wildman–Crippen LogP) is 1.15. The van der Waals surface area contributed by atoms with E-state index in [4.69, 9.17) is 9.47 Å². The van der Waals surface area contributed by atoms with Crippen LogP contribution in [0, 0.1) is 0 Å². The molecule has 1 saturated heterocycles. The molecule has 0 saturated carbocycles. The van der Waals surface area contributed by atoms with Crippen LogP contribution in [-0.2, 0) is 9.47 Å². The lowest BCUT2D eigenvalue weighted by Gasteiger charge is -2.28. The second-order valence-corrected chi connectivity index (χ2v) is 3.30. The second-order valence-electron chi connectivity index (χ2n) is 1.72. The van der Waals surface area contributed by atoms with Crippen molar-refractivity contribution in [3.05, 3.63) is 0 Å². The Morgan fingerprint density at radius 2 is 1.44 bits per heavy atom. The Kier molecular flexibility index (Phi) is 3.04. The molecular formula is C4H8O2S3. The van der Waals surface area contributed by atoms with Crippen LogP contribution < -0.4 is 0 Å². The Balaban J connectivity index is 2.34. The van der Waals surface area contributed by atoms with Crippen LogP contribution in [0.2, 0.25) is 0 Å². The minimum absolute atomic E-state index is 0.0938. The van der Waals surface area contributed by atoms with E-state index in [2.05, 4.69) is 37.9 Å². The Labute approximate surface area is 70.5 Å². The van der Waals surface area contributed by atoms with E-state index in [0.717, 1.165) is 0 Å². The second kappa shape index (κ2) is 3.39. The maximum absolute atomic E-state index is 5.01. The SMILES string of the molecule is SC1CC(S)OC(S)O1. The summed E-state index contributed by atoms with van der Waals surface area (Å²) >= 11 is 12.1. The molecule has 0 aromatic rings. The lowest BCUT2D eigenvalue weighted by molar-refractivity contribution is -0.144. The first-order valence-corrected chi connectivity index (χ1v) is 4.08. The molecule has 9 heavy (non-hydrogen) atoms. The predicted molar refractivity (Wildman–Crippen MR) is 45.1 cm³/mol. The fourth-order valence-electron chi connectivity index (χ4n) is 0.584. The van der Waals surface area contributed by atoms with Gasteiger partial charge in [-0.05, 0) is 0 Å². The highest BCUT2D eigenvalue weighted by molar-refractivity contribution is 7.82. The molecule has 2 unspecified atom stereocenters. The van der Waals surface area contributed by atoms with Crippen molar-refractivity contribution < 1.29 is 9.47 Å².